The first-order valence-corrected chi connectivity index (χ1v) is 7.76. The molecule has 8 heteroatoms. The molecule has 0 spiro atoms. The van der Waals surface area contributed by atoms with E-state index >= 15 is 0 Å². The number of furan rings is 1. The number of nitrogens with zero attached hydrogens (tertiary/aromatic N) is 4. The minimum atomic E-state index is 0.581. The Kier molecular flexibility index (Phi) is 3.43. The summed E-state index contributed by atoms with van der Waals surface area (Å²) in [4.78, 5) is 9.59. The fourth-order valence-electron chi connectivity index (χ4n) is 2.14. The van der Waals surface area contributed by atoms with Crippen LogP contribution < -0.4 is 10.1 Å². The Morgan fingerprint density at radius 3 is 3.00 bits per heavy atom. The second-order valence-electron chi connectivity index (χ2n) is 4.78. The van der Waals surface area contributed by atoms with E-state index in [0.717, 1.165) is 27.1 Å². The molecule has 0 amide bonds. The Labute approximate surface area is 135 Å². The van der Waals surface area contributed by atoms with Crippen LogP contribution in [0.4, 0.5) is 5.13 Å². The van der Waals surface area contributed by atoms with E-state index in [-0.39, 0.29) is 0 Å². The largest absolute Gasteiger partial charge is 0.481 e. The van der Waals surface area contributed by atoms with Crippen LogP contribution in [-0.4, -0.2) is 26.7 Å². The monoisotopic (exact) mass is 327 g/mol. The first kappa shape index (κ1) is 13.8. The van der Waals surface area contributed by atoms with Crippen molar-refractivity contribution in [2.45, 2.75) is 6.54 Å². The number of imidazole rings is 1. The summed E-state index contributed by atoms with van der Waals surface area (Å²) in [6.07, 6.45) is 5.27. The van der Waals surface area contributed by atoms with E-state index in [1.807, 2.05) is 30.5 Å². The van der Waals surface area contributed by atoms with Gasteiger partial charge in [-0.2, -0.15) is 0 Å². The number of aromatic nitrogens is 4. The smallest absolute Gasteiger partial charge is 0.214 e. The van der Waals surface area contributed by atoms with Gasteiger partial charge in [0.1, 0.15) is 5.76 Å². The lowest BCUT2D eigenvalue weighted by Gasteiger charge is -1.99. The third-order valence-electron chi connectivity index (χ3n) is 3.28. The summed E-state index contributed by atoms with van der Waals surface area (Å²) in [6.45, 7) is 0.596. The second kappa shape index (κ2) is 5.73. The van der Waals surface area contributed by atoms with Crippen molar-refractivity contribution in [2.24, 2.45) is 0 Å². The number of hydrogen-bond donors (Lipinski definition) is 1. The van der Waals surface area contributed by atoms with Gasteiger partial charge in [0.05, 0.1) is 31.8 Å². The van der Waals surface area contributed by atoms with E-state index in [2.05, 4.69) is 20.4 Å². The highest BCUT2D eigenvalue weighted by Gasteiger charge is 2.10. The van der Waals surface area contributed by atoms with Gasteiger partial charge in [0.25, 0.3) is 0 Å². The van der Waals surface area contributed by atoms with Gasteiger partial charge in [0.15, 0.2) is 0 Å². The molecule has 116 valence electrons. The number of rotatable bonds is 5. The standard InChI is InChI=1S/C15H13N5O2S/c1-21-13-5-4-10(7-16-13)12-9-20-15(18-12)23-14(19-20)17-8-11-3-2-6-22-11/h2-7,9H,8H2,1H3,(H,17,19). The lowest BCUT2D eigenvalue weighted by Crippen LogP contribution is -1.98. The summed E-state index contributed by atoms with van der Waals surface area (Å²) < 4.78 is 12.1. The SMILES string of the molecule is COc1ccc(-c2cn3nc(NCc4ccco4)sc3n2)cn1. The van der Waals surface area contributed by atoms with Crippen molar-refractivity contribution in [2.75, 3.05) is 12.4 Å². The van der Waals surface area contributed by atoms with Crippen molar-refractivity contribution in [3.05, 3.63) is 48.7 Å². The molecule has 23 heavy (non-hydrogen) atoms. The highest BCUT2D eigenvalue weighted by Crippen LogP contribution is 2.25. The molecule has 0 aromatic carbocycles. The molecule has 0 fully saturated rings. The molecule has 1 N–H and O–H groups in total. The maximum atomic E-state index is 5.28. The fourth-order valence-corrected chi connectivity index (χ4v) is 2.92. The van der Waals surface area contributed by atoms with Gasteiger partial charge < -0.3 is 14.5 Å². The number of ether oxygens (including phenoxy) is 1. The van der Waals surface area contributed by atoms with Crippen LogP contribution in [0.2, 0.25) is 0 Å². The van der Waals surface area contributed by atoms with Gasteiger partial charge in [-0.3, -0.25) is 0 Å². The highest BCUT2D eigenvalue weighted by molar-refractivity contribution is 7.20. The van der Waals surface area contributed by atoms with Crippen LogP contribution in [0, 0.1) is 0 Å². The van der Waals surface area contributed by atoms with Gasteiger partial charge in [0, 0.05) is 17.8 Å². The zero-order valence-corrected chi connectivity index (χ0v) is 13.1. The molecule has 4 heterocycles. The molecule has 4 rings (SSSR count). The van der Waals surface area contributed by atoms with Gasteiger partial charge in [-0.15, -0.1) is 5.10 Å². The van der Waals surface area contributed by atoms with Crippen molar-refractivity contribution in [1.29, 1.82) is 0 Å². The lowest BCUT2D eigenvalue weighted by atomic mass is 10.2. The van der Waals surface area contributed by atoms with Crippen LogP contribution in [-0.2, 0) is 6.54 Å². The normalized spacial score (nSPS) is 11.0. The summed E-state index contributed by atoms with van der Waals surface area (Å²) in [7, 11) is 1.59. The molecular weight excluding hydrogens is 314 g/mol. The van der Waals surface area contributed by atoms with Crippen LogP contribution in [0.15, 0.2) is 47.3 Å². The van der Waals surface area contributed by atoms with Gasteiger partial charge in [-0.25, -0.2) is 14.5 Å². The molecule has 0 unspecified atom stereocenters. The third-order valence-corrected chi connectivity index (χ3v) is 4.16. The van der Waals surface area contributed by atoms with Crippen molar-refractivity contribution in [1.82, 2.24) is 19.6 Å². The first-order valence-electron chi connectivity index (χ1n) is 6.95. The second-order valence-corrected chi connectivity index (χ2v) is 5.74. The number of methoxy groups -OCH3 is 1. The van der Waals surface area contributed by atoms with Crippen LogP contribution >= 0.6 is 11.3 Å². The average Bonchev–Trinajstić information content (AvgIpc) is 3.29. The zero-order chi connectivity index (χ0) is 15.6. The minimum Gasteiger partial charge on any atom is -0.481 e. The third kappa shape index (κ3) is 2.76. The van der Waals surface area contributed by atoms with Crippen molar-refractivity contribution in [3.63, 3.8) is 0 Å². The Balaban J connectivity index is 1.53. The van der Waals surface area contributed by atoms with E-state index in [4.69, 9.17) is 9.15 Å². The van der Waals surface area contributed by atoms with Gasteiger partial charge >= 0.3 is 0 Å². The number of pyridine rings is 1. The molecule has 0 aliphatic carbocycles. The zero-order valence-electron chi connectivity index (χ0n) is 12.3. The Morgan fingerprint density at radius 2 is 2.30 bits per heavy atom. The topological polar surface area (TPSA) is 77.5 Å². The number of anilines is 1. The maximum Gasteiger partial charge on any atom is 0.214 e. The molecule has 0 atom stereocenters. The number of fused-ring (bicyclic) bond motifs is 1. The summed E-state index contributed by atoms with van der Waals surface area (Å²) >= 11 is 1.49. The van der Waals surface area contributed by atoms with Crippen molar-refractivity contribution < 1.29 is 9.15 Å². The van der Waals surface area contributed by atoms with Gasteiger partial charge in [-0.05, 0) is 18.2 Å². The van der Waals surface area contributed by atoms with Crippen molar-refractivity contribution in [3.8, 4) is 17.1 Å². The molecule has 4 aromatic rings. The predicted octanol–water partition coefficient (Wildman–Crippen LogP) is 3.07. The summed E-state index contributed by atoms with van der Waals surface area (Å²) in [5, 5.41) is 8.48. The van der Waals surface area contributed by atoms with E-state index < -0.39 is 0 Å². The number of hydrogen-bond acceptors (Lipinski definition) is 7. The van der Waals surface area contributed by atoms with Gasteiger partial charge in [-0.1, -0.05) is 11.3 Å². The quantitative estimate of drug-likeness (QED) is 0.607. The summed E-state index contributed by atoms with van der Waals surface area (Å²) in [5.41, 5.74) is 1.75. The Morgan fingerprint density at radius 1 is 1.35 bits per heavy atom. The predicted molar refractivity (Wildman–Crippen MR) is 86.7 cm³/mol. The van der Waals surface area contributed by atoms with Crippen LogP contribution in [0.5, 0.6) is 5.88 Å². The number of nitrogens with one attached hydrogen (secondary N) is 1. The van der Waals surface area contributed by atoms with E-state index in [1.165, 1.54) is 11.3 Å². The van der Waals surface area contributed by atoms with E-state index in [9.17, 15) is 0 Å². The highest BCUT2D eigenvalue weighted by atomic mass is 32.1. The maximum absolute atomic E-state index is 5.28. The molecule has 0 bridgehead atoms. The molecule has 0 radical (unpaired) electrons. The Hall–Kier alpha value is -2.87. The molecule has 4 aromatic heterocycles. The van der Waals surface area contributed by atoms with Crippen LogP contribution in [0.3, 0.4) is 0 Å². The fraction of sp³-hybridized carbons (Fsp3) is 0.133. The molecule has 0 aliphatic rings. The van der Waals surface area contributed by atoms with E-state index in [0.29, 0.717) is 12.4 Å². The minimum absolute atomic E-state index is 0.581. The average molecular weight is 327 g/mol. The molecule has 0 aliphatic heterocycles. The molecule has 0 saturated carbocycles. The lowest BCUT2D eigenvalue weighted by molar-refractivity contribution is 0.398. The molecule has 0 saturated heterocycles. The summed E-state index contributed by atoms with van der Waals surface area (Å²) in [6, 6.07) is 7.52. The van der Waals surface area contributed by atoms with Crippen LogP contribution in [0.1, 0.15) is 5.76 Å². The Bertz CT molecular complexity index is 880. The first-order chi connectivity index (χ1) is 11.3. The summed E-state index contributed by atoms with van der Waals surface area (Å²) in [5.74, 6) is 1.44. The molecular formula is C15H13N5O2S. The van der Waals surface area contributed by atoms with Crippen molar-refractivity contribution >= 4 is 21.4 Å². The van der Waals surface area contributed by atoms with Crippen LogP contribution in [0.25, 0.3) is 16.2 Å². The van der Waals surface area contributed by atoms with Gasteiger partial charge in [0.2, 0.25) is 16.0 Å². The van der Waals surface area contributed by atoms with E-state index in [1.54, 1.807) is 24.1 Å². The molecule has 7 nitrogen and oxygen atoms in total.